The van der Waals surface area contributed by atoms with Crippen LogP contribution in [0.5, 0.6) is 0 Å². The van der Waals surface area contributed by atoms with Gasteiger partial charge in [-0.05, 0) is 24.6 Å². The molecular formula is C11H9BrClNS. The Kier molecular flexibility index (Phi) is 3.44. The number of hydrogen-bond acceptors (Lipinski definition) is 2. The van der Waals surface area contributed by atoms with Crippen molar-refractivity contribution in [2.75, 3.05) is 0 Å². The van der Waals surface area contributed by atoms with Crippen molar-refractivity contribution >= 4 is 38.9 Å². The molecule has 78 valence electrons. The van der Waals surface area contributed by atoms with Crippen LogP contribution in [-0.4, -0.2) is 4.98 Å². The van der Waals surface area contributed by atoms with Crippen LogP contribution in [0.4, 0.5) is 0 Å². The Labute approximate surface area is 106 Å². The van der Waals surface area contributed by atoms with E-state index in [0.29, 0.717) is 5.88 Å². The first-order chi connectivity index (χ1) is 7.20. The van der Waals surface area contributed by atoms with Gasteiger partial charge in [-0.3, -0.25) is 0 Å². The lowest BCUT2D eigenvalue weighted by Gasteiger charge is -2.02. The Bertz CT molecular complexity index is 481. The molecule has 0 saturated carbocycles. The third kappa shape index (κ3) is 2.41. The fourth-order valence-corrected chi connectivity index (χ4v) is 2.62. The summed E-state index contributed by atoms with van der Waals surface area (Å²) in [4.78, 5) is 4.47. The molecule has 1 nitrogen and oxygen atoms in total. The lowest BCUT2D eigenvalue weighted by Crippen LogP contribution is -1.84. The molecule has 1 aromatic carbocycles. The zero-order valence-corrected chi connectivity index (χ0v) is 11.3. The summed E-state index contributed by atoms with van der Waals surface area (Å²) in [5, 5.41) is 3.01. The first-order valence-electron chi connectivity index (χ1n) is 4.47. The zero-order valence-electron chi connectivity index (χ0n) is 8.13. The normalized spacial score (nSPS) is 10.6. The van der Waals surface area contributed by atoms with Crippen LogP contribution in [0.15, 0.2) is 28.1 Å². The number of aryl methyl sites for hydroxylation is 1. The zero-order chi connectivity index (χ0) is 10.8. The fraction of sp³-hybridized carbons (Fsp3) is 0.182. The third-order valence-corrected chi connectivity index (χ3v) is 3.90. The van der Waals surface area contributed by atoms with Crippen LogP contribution in [0.3, 0.4) is 0 Å². The van der Waals surface area contributed by atoms with Crippen LogP contribution in [-0.2, 0) is 5.88 Å². The molecule has 0 aliphatic carbocycles. The number of alkyl halides is 1. The van der Waals surface area contributed by atoms with Crippen molar-refractivity contribution < 1.29 is 0 Å². The Hall–Kier alpha value is -0.380. The maximum Gasteiger partial charge on any atom is 0.108 e. The fourth-order valence-electron chi connectivity index (χ4n) is 1.37. The minimum Gasteiger partial charge on any atom is -0.240 e. The second kappa shape index (κ2) is 4.64. The van der Waals surface area contributed by atoms with Gasteiger partial charge in [0.1, 0.15) is 5.01 Å². The highest BCUT2D eigenvalue weighted by atomic mass is 79.9. The molecule has 1 heterocycles. The Morgan fingerprint density at radius 1 is 1.47 bits per heavy atom. The van der Waals surface area contributed by atoms with Crippen LogP contribution in [0.25, 0.3) is 11.3 Å². The number of nitrogens with zero attached hydrogens (tertiary/aromatic N) is 1. The average molecular weight is 303 g/mol. The average Bonchev–Trinajstić information content (AvgIpc) is 2.70. The van der Waals surface area contributed by atoms with E-state index in [-0.39, 0.29) is 0 Å². The highest BCUT2D eigenvalue weighted by molar-refractivity contribution is 9.10. The van der Waals surface area contributed by atoms with Crippen molar-refractivity contribution in [3.8, 4) is 11.3 Å². The van der Waals surface area contributed by atoms with Gasteiger partial charge in [0.2, 0.25) is 0 Å². The molecule has 0 atom stereocenters. The summed E-state index contributed by atoms with van der Waals surface area (Å²) < 4.78 is 1.07. The number of rotatable bonds is 2. The van der Waals surface area contributed by atoms with Gasteiger partial charge in [0, 0.05) is 15.4 Å². The molecule has 0 aliphatic heterocycles. The van der Waals surface area contributed by atoms with Crippen LogP contribution in [0, 0.1) is 6.92 Å². The van der Waals surface area contributed by atoms with E-state index in [1.807, 2.05) is 11.4 Å². The van der Waals surface area contributed by atoms with Crippen molar-refractivity contribution in [1.82, 2.24) is 4.98 Å². The summed E-state index contributed by atoms with van der Waals surface area (Å²) in [6.07, 6.45) is 0. The van der Waals surface area contributed by atoms with E-state index in [2.05, 4.69) is 40.0 Å². The maximum absolute atomic E-state index is 5.74. The third-order valence-electron chi connectivity index (χ3n) is 2.14. The van der Waals surface area contributed by atoms with E-state index in [1.165, 1.54) is 5.56 Å². The number of halogens is 2. The maximum atomic E-state index is 5.74. The Balaban J connectivity index is 2.48. The first-order valence-corrected chi connectivity index (χ1v) is 6.68. The molecule has 0 saturated heterocycles. The van der Waals surface area contributed by atoms with Gasteiger partial charge in [-0.25, -0.2) is 4.98 Å². The van der Waals surface area contributed by atoms with E-state index in [9.17, 15) is 0 Å². The van der Waals surface area contributed by atoms with Crippen molar-refractivity contribution in [2.24, 2.45) is 0 Å². The molecule has 2 rings (SSSR count). The number of aromatic nitrogens is 1. The van der Waals surface area contributed by atoms with E-state index < -0.39 is 0 Å². The summed E-state index contributed by atoms with van der Waals surface area (Å²) >= 11 is 10.8. The molecule has 0 bridgehead atoms. The van der Waals surface area contributed by atoms with Gasteiger partial charge in [-0.2, -0.15) is 0 Å². The lowest BCUT2D eigenvalue weighted by atomic mass is 10.1. The summed E-state index contributed by atoms with van der Waals surface area (Å²) in [6, 6.07) is 6.20. The van der Waals surface area contributed by atoms with Gasteiger partial charge in [0.05, 0.1) is 11.6 Å². The first kappa shape index (κ1) is 11.1. The summed E-state index contributed by atoms with van der Waals surface area (Å²) in [6.45, 7) is 2.08. The summed E-state index contributed by atoms with van der Waals surface area (Å²) in [5.41, 5.74) is 3.40. The van der Waals surface area contributed by atoms with Crippen LogP contribution in [0.1, 0.15) is 10.6 Å². The van der Waals surface area contributed by atoms with Crippen LogP contribution >= 0.6 is 38.9 Å². The highest BCUT2D eigenvalue weighted by Gasteiger charge is 2.06. The molecule has 4 heteroatoms. The molecule has 0 spiro atoms. The van der Waals surface area contributed by atoms with E-state index in [4.69, 9.17) is 11.6 Å². The van der Waals surface area contributed by atoms with E-state index in [1.54, 1.807) is 11.3 Å². The smallest absolute Gasteiger partial charge is 0.108 e. The molecule has 0 N–H and O–H groups in total. The number of benzene rings is 1. The Morgan fingerprint density at radius 3 is 2.93 bits per heavy atom. The monoisotopic (exact) mass is 301 g/mol. The molecule has 0 aliphatic rings. The standard InChI is InChI=1S/C11H9BrClNS/c1-7-2-3-8(12)4-9(7)10-6-15-11(5-13)14-10/h2-4,6H,5H2,1H3. The summed E-state index contributed by atoms with van der Waals surface area (Å²) in [7, 11) is 0. The van der Waals surface area contributed by atoms with Crippen molar-refractivity contribution in [3.05, 3.63) is 38.6 Å². The molecular weight excluding hydrogens is 294 g/mol. The SMILES string of the molecule is Cc1ccc(Br)cc1-c1csc(CCl)n1. The largest absolute Gasteiger partial charge is 0.240 e. The minimum absolute atomic E-state index is 0.484. The van der Waals surface area contributed by atoms with E-state index >= 15 is 0 Å². The number of hydrogen-bond donors (Lipinski definition) is 0. The predicted molar refractivity (Wildman–Crippen MR) is 69.5 cm³/mol. The molecule has 2 aromatic rings. The second-order valence-electron chi connectivity index (χ2n) is 3.22. The number of thiazole rings is 1. The van der Waals surface area contributed by atoms with Crippen LogP contribution in [0.2, 0.25) is 0 Å². The minimum atomic E-state index is 0.484. The van der Waals surface area contributed by atoms with Gasteiger partial charge in [-0.15, -0.1) is 22.9 Å². The van der Waals surface area contributed by atoms with Gasteiger partial charge in [0.25, 0.3) is 0 Å². The van der Waals surface area contributed by atoms with E-state index in [0.717, 1.165) is 20.7 Å². The van der Waals surface area contributed by atoms with Gasteiger partial charge < -0.3 is 0 Å². The van der Waals surface area contributed by atoms with Crippen molar-refractivity contribution in [2.45, 2.75) is 12.8 Å². The van der Waals surface area contributed by atoms with Crippen LogP contribution < -0.4 is 0 Å². The quantitative estimate of drug-likeness (QED) is 0.738. The second-order valence-corrected chi connectivity index (χ2v) is 5.34. The van der Waals surface area contributed by atoms with Gasteiger partial charge in [0.15, 0.2) is 0 Å². The topological polar surface area (TPSA) is 12.9 Å². The molecule has 0 unspecified atom stereocenters. The Morgan fingerprint density at radius 2 is 2.27 bits per heavy atom. The molecule has 0 fully saturated rings. The highest BCUT2D eigenvalue weighted by Crippen LogP contribution is 2.28. The molecule has 15 heavy (non-hydrogen) atoms. The summed E-state index contributed by atoms with van der Waals surface area (Å²) in [5.74, 6) is 0.484. The molecule has 0 radical (unpaired) electrons. The van der Waals surface area contributed by atoms with Crippen molar-refractivity contribution in [3.63, 3.8) is 0 Å². The van der Waals surface area contributed by atoms with Crippen molar-refractivity contribution in [1.29, 1.82) is 0 Å². The van der Waals surface area contributed by atoms with Gasteiger partial charge in [-0.1, -0.05) is 22.0 Å². The molecule has 0 amide bonds. The van der Waals surface area contributed by atoms with Gasteiger partial charge >= 0.3 is 0 Å². The molecule has 1 aromatic heterocycles. The lowest BCUT2D eigenvalue weighted by molar-refractivity contribution is 1.25. The predicted octanol–water partition coefficient (Wildman–Crippen LogP) is 4.62.